The van der Waals surface area contributed by atoms with E-state index in [0.717, 1.165) is 4.88 Å². The molecule has 1 unspecified atom stereocenters. The molecule has 0 amide bonds. The Bertz CT molecular complexity index is 380. The second kappa shape index (κ2) is 3.52. The number of ether oxygens (including phenoxy) is 1. The fourth-order valence-electron chi connectivity index (χ4n) is 1.40. The standard InChI is InChI=1S/C9H9ClN2OS/c10-7-2-1-6(14-7)8(12)9(3-11)4-13-5-9/h1-2,8H,4-5,12H2. The zero-order valence-electron chi connectivity index (χ0n) is 7.37. The van der Waals surface area contributed by atoms with Gasteiger partial charge in [0, 0.05) is 4.88 Å². The van der Waals surface area contributed by atoms with Gasteiger partial charge in [0.25, 0.3) is 0 Å². The van der Waals surface area contributed by atoms with Crippen LogP contribution in [0.2, 0.25) is 4.34 Å². The average Bonchev–Trinajstić information content (AvgIpc) is 2.50. The molecule has 3 nitrogen and oxygen atoms in total. The first-order valence-electron chi connectivity index (χ1n) is 4.18. The van der Waals surface area contributed by atoms with Crippen LogP contribution < -0.4 is 5.73 Å². The van der Waals surface area contributed by atoms with Gasteiger partial charge in [-0.1, -0.05) is 11.6 Å². The van der Waals surface area contributed by atoms with E-state index in [4.69, 9.17) is 27.3 Å². The number of rotatable bonds is 2. The fraction of sp³-hybridized carbons (Fsp3) is 0.444. The van der Waals surface area contributed by atoms with Crippen LogP contribution >= 0.6 is 22.9 Å². The van der Waals surface area contributed by atoms with Gasteiger partial charge >= 0.3 is 0 Å². The first-order valence-corrected chi connectivity index (χ1v) is 5.37. The molecule has 1 atom stereocenters. The Hall–Kier alpha value is -0.600. The van der Waals surface area contributed by atoms with Gasteiger partial charge in [0.1, 0.15) is 5.41 Å². The van der Waals surface area contributed by atoms with Crippen LogP contribution in [0.15, 0.2) is 12.1 Å². The third-order valence-electron chi connectivity index (χ3n) is 2.44. The lowest BCUT2D eigenvalue weighted by Crippen LogP contribution is -2.49. The van der Waals surface area contributed by atoms with Crippen LogP contribution in [0.4, 0.5) is 0 Å². The number of hydrogen-bond acceptors (Lipinski definition) is 4. The molecule has 5 heteroatoms. The van der Waals surface area contributed by atoms with Gasteiger partial charge in [0.15, 0.2) is 0 Å². The molecule has 14 heavy (non-hydrogen) atoms. The second-order valence-electron chi connectivity index (χ2n) is 3.38. The van der Waals surface area contributed by atoms with E-state index in [1.54, 1.807) is 6.07 Å². The fourth-order valence-corrected chi connectivity index (χ4v) is 2.58. The molecule has 0 aromatic carbocycles. The summed E-state index contributed by atoms with van der Waals surface area (Å²) in [6.45, 7) is 0.834. The monoisotopic (exact) mass is 228 g/mol. The molecule has 2 N–H and O–H groups in total. The quantitative estimate of drug-likeness (QED) is 0.842. The maximum Gasteiger partial charge on any atom is 0.124 e. The Kier molecular flexibility index (Phi) is 2.50. The summed E-state index contributed by atoms with van der Waals surface area (Å²) in [5, 5.41) is 9.04. The highest BCUT2D eigenvalue weighted by atomic mass is 35.5. The van der Waals surface area contributed by atoms with E-state index in [1.165, 1.54) is 11.3 Å². The topological polar surface area (TPSA) is 59.0 Å². The van der Waals surface area contributed by atoms with Crippen LogP contribution in [0.5, 0.6) is 0 Å². The lowest BCUT2D eigenvalue weighted by molar-refractivity contribution is -0.0905. The molecule has 1 aliphatic rings. The molecule has 0 bridgehead atoms. The smallest absolute Gasteiger partial charge is 0.124 e. The molecule has 0 spiro atoms. The van der Waals surface area contributed by atoms with Crippen molar-refractivity contribution < 1.29 is 4.74 Å². The molecule has 74 valence electrons. The number of nitriles is 1. The van der Waals surface area contributed by atoms with E-state index in [0.29, 0.717) is 17.6 Å². The Morgan fingerprint density at radius 2 is 2.36 bits per heavy atom. The molecule has 1 aliphatic heterocycles. The SMILES string of the molecule is N#CC1(C(N)c2ccc(Cl)s2)COC1. The van der Waals surface area contributed by atoms with Gasteiger partial charge in [0.2, 0.25) is 0 Å². The van der Waals surface area contributed by atoms with Crippen molar-refractivity contribution >= 4 is 22.9 Å². The highest BCUT2D eigenvalue weighted by Gasteiger charge is 2.45. The van der Waals surface area contributed by atoms with Gasteiger partial charge in [-0.25, -0.2) is 0 Å². The van der Waals surface area contributed by atoms with Gasteiger partial charge in [-0.3, -0.25) is 0 Å². The second-order valence-corrected chi connectivity index (χ2v) is 5.13. The summed E-state index contributed by atoms with van der Waals surface area (Å²) < 4.78 is 5.75. The van der Waals surface area contributed by atoms with Gasteiger partial charge < -0.3 is 10.5 Å². The van der Waals surface area contributed by atoms with Crippen LogP contribution in [-0.4, -0.2) is 13.2 Å². The molecule has 0 aliphatic carbocycles. The average molecular weight is 229 g/mol. The van der Waals surface area contributed by atoms with Crippen molar-refractivity contribution in [2.75, 3.05) is 13.2 Å². The van der Waals surface area contributed by atoms with Crippen LogP contribution in [0, 0.1) is 16.7 Å². The molecule has 0 radical (unpaired) electrons. The van der Waals surface area contributed by atoms with Crippen LogP contribution in [0.25, 0.3) is 0 Å². The summed E-state index contributed by atoms with van der Waals surface area (Å²) in [5.41, 5.74) is 5.46. The maximum atomic E-state index is 9.04. The third-order valence-corrected chi connectivity index (χ3v) is 3.75. The lowest BCUT2D eigenvalue weighted by atomic mass is 9.79. The van der Waals surface area contributed by atoms with Gasteiger partial charge in [-0.2, -0.15) is 5.26 Å². The predicted octanol–water partition coefficient (Wildman–Crippen LogP) is 1.94. The predicted molar refractivity (Wildman–Crippen MR) is 55.1 cm³/mol. The summed E-state index contributed by atoms with van der Waals surface area (Å²) >= 11 is 7.23. The molecule has 2 rings (SSSR count). The third kappa shape index (κ3) is 1.43. The summed E-state index contributed by atoms with van der Waals surface area (Å²) in [6, 6.07) is 5.61. The number of thiophene rings is 1. The molecule has 0 saturated carbocycles. The normalized spacial score (nSPS) is 20.9. The summed E-state index contributed by atoms with van der Waals surface area (Å²) in [5.74, 6) is 0. The Morgan fingerprint density at radius 3 is 2.71 bits per heavy atom. The zero-order valence-corrected chi connectivity index (χ0v) is 8.94. The minimum absolute atomic E-state index is 0.293. The Labute approximate surface area is 91.0 Å². The van der Waals surface area contributed by atoms with Crippen molar-refractivity contribution in [2.24, 2.45) is 11.1 Å². The Balaban J connectivity index is 2.23. The minimum Gasteiger partial charge on any atom is -0.378 e. The Morgan fingerprint density at radius 1 is 1.64 bits per heavy atom. The summed E-state index contributed by atoms with van der Waals surface area (Å²) in [6.07, 6.45) is 0. The van der Waals surface area contributed by atoms with Crippen molar-refractivity contribution in [3.05, 3.63) is 21.3 Å². The van der Waals surface area contributed by atoms with Gasteiger partial charge in [-0.05, 0) is 12.1 Å². The largest absolute Gasteiger partial charge is 0.378 e. The summed E-state index contributed by atoms with van der Waals surface area (Å²) in [4.78, 5) is 0.944. The highest BCUT2D eigenvalue weighted by molar-refractivity contribution is 7.16. The van der Waals surface area contributed by atoms with E-state index in [2.05, 4.69) is 6.07 Å². The molecule has 1 saturated heterocycles. The number of hydrogen-bond donors (Lipinski definition) is 1. The molecular formula is C9H9ClN2OS. The van der Waals surface area contributed by atoms with Crippen molar-refractivity contribution in [1.82, 2.24) is 0 Å². The van der Waals surface area contributed by atoms with E-state index >= 15 is 0 Å². The van der Waals surface area contributed by atoms with E-state index in [-0.39, 0.29) is 6.04 Å². The van der Waals surface area contributed by atoms with Crippen molar-refractivity contribution in [2.45, 2.75) is 6.04 Å². The molecule has 1 aromatic rings. The highest BCUT2D eigenvalue weighted by Crippen LogP contribution is 2.41. The molecule has 1 aromatic heterocycles. The maximum absolute atomic E-state index is 9.04. The van der Waals surface area contributed by atoms with Gasteiger partial charge in [0.05, 0.1) is 29.7 Å². The first kappa shape index (κ1) is 9.94. The van der Waals surface area contributed by atoms with Crippen LogP contribution in [0.1, 0.15) is 10.9 Å². The van der Waals surface area contributed by atoms with E-state index in [1.807, 2.05) is 6.07 Å². The van der Waals surface area contributed by atoms with E-state index in [9.17, 15) is 0 Å². The minimum atomic E-state index is -0.547. The summed E-state index contributed by atoms with van der Waals surface area (Å²) in [7, 11) is 0. The number of nitrogens with two attached hydrogens (primary N) is 1. The molecule has 1 fully saturated rings. The van der Waals surface area contributed by atoms with Crippen molar-refractivity contribution in [3.8, 4) is 6.07 Å². The van der Waals surface area contributed by atoms with E-state index < -0.39 is 5.41 Å². The number of halogens is 1. The van der Waals surface area contributed by atoms with Gasteiger partial charge in [-0.15, -0.1) is 11.3 Å². The zero-order chi connectivity index (χ0) is 10.2. The molecule has 2 heterocycles. The van der Waals surface area contributed by atoms with Crippen molar-refractivity contribution in [3.63, 3.8) is 0 Å². The first-order chi connectivity index (χ1) is 6.68. The number of nitrogens with zero attached hydrogens (tertiary/aromatic N) is 1. The lowest BCUT2D eigenvalue weighted by Gasteiger charge is -2.39. The van der Waals surface area contributed by atoms with Crippen LogP contribution in [-0.2, 0) is 4.74 Å². The van der Waals surface area contributed by atoms with Crippen molar-refractivity contribution in [1.29, 1.82) is 5.26 Å². The van der Waals surface area contributed by atoms with Crippen LogP contribution in [0.3, 0.4) is 0 Å². The molecular weight excluding hydrogens is 220 g/mol.